The summed E-state index contributed by atoms with van der Waals surface area (Å²) in [5.41, 5.74) is 5.08. The number of aryl methyl sites for hydroxylation is 1. The molecule has 2 unspecified atom stereocenters. The van der Waals surface area contributed by atoms with E-state index in [1.165, 1.54) is 0 Å². The Morgan fingerprint density at radius 3 is 2.48 bits per heavy atom. The maximum absolute atomic E-state index is 6.30. The predicted molar refractivity (Wildman–Crippen MR) is 136 cm³/mol. The van der Waals surface area contributed by atoms with Crippen LogP contribution >= 0.6 is 23.8 Å². The van der Waals surface area contributed by atoms with Crippen molar-refractivity contribution in [1.82, 2.24) is 14.9 Å². The Bertz CT molecular complexity index is 1290. The van der Waals surface area contributed by atoms with Crippen molar-refractivity contribution in [2.24, 2.45) is 0 Å². The molecule has 33 heavy (non-hydrogen) atoms. The lowest BCUT2D eigenvalue weighted by atomic mass is 10.0. The van der Waals surface area contributed by atoms with Crippen LogP contribution < -0.4 is 15.0 Å². The van der Waals surface area contributed by atoms with Crippen molar-refractivity contribution in [2.75, 3.05) is 12.0 Å². The normalized spacial score (nSPS) is 17.8. The van der Waals surface area contributed by atoms with Crippen molar-refractivity contribution in [3.63, 3.8) is 0 Å². The van der Waals surface area contributed by atoms with Gasteiger partial charge in [0.25, 0.3) is 0 Å². The van der Waals surface area contributed by atoms with Gasteiger partial charge in [-0.05, 0) is 91.4 Å². The first-order valence-corrected chi connectivity index (χ1v) is 11.4. The number of hydrogen-bond acceptors (Lipinski definition) is 3. The Morgan fingerprint density at radius 2 is 1.79 bits per heavy atom. The minimum absolute atomic E-state index is 0.119. The molecule has 2 atom stereocenters. The summed E-state index contributed by atoms with van der Waals surface area (Å²) in [5.74, 6) is 0.801. The molecule has 4 aromatic rings. The van der Waals surface area contributed by atoms with E-state index < -0.39 is 0 Å². The van der Waals surface area contributed by atoms with Gasteiger partial charge in [0.2, 0.25) is 0 Å². The molecule has 0 radical (unpaired) electrons. The van der Waals surface area contributed by atoms with Crippen LogP contribution in [-0.2, 0) is 0 Å². The molecule has 166 valence electrons. The van der Waals surface area contributed by atoms with E-state index in [1.807, 2.05) is 67.7 Å². The van der Waals surface area contributed by atoms with E-state index in [4.69, 9.17) is 28.6 Å². The molecule has 5 rings (SSSR count). The molecular weight excluding hydrogens is 452 g/mol. The highest BCUT2D eigenvalue weighted by Crippen LogP contribution is 2.42. The number of anilines is 1. The van der Waals surface area contributed by atoms with Crippen LogP contribution in [0.25, 0.3) is 5.69 Å². The fourth-order valence-corrected chi connectivity index (χ4v) is 4.79. The van der Waals surface area contributed by atoms with Crippen LogP contribution in [-0.4, -0.2) is 21.8 Å². The second kappa shape index (κ2) is 8.89. The average Bonchev–Trinajstić information content (AvgIpc) is 3.46. The first kappa shape index (κ1) is 21.5. The van der Waals surface area contributed by atoms with E-state index in [0.717, 1.165) is 39.1 Å². The molecule has 0 spiro atoms. The second-order valence-corrected chi connectivity index (χ2v) is 8.73. The summed E-state index contributed by atoms with van der Waals surface area (Å²) >= 11 is 12.1. The van der Waals surface area contributed by atoms with Crippen molar-refractivity contribution in [2.45, 2.75) is 19.0 Å². The first-order valence-electron chi connectivity index (χ1n) is 10.7. The van der Waals surface area contributed by atoms with Gasteiger partial charge in [-0.3, -0.25) is 4.98 Å². The lowest BCUT2D eigenvalue weighted by Crippen LogP contribution is -2.30. The Kier molecular flexibility index (Phi) is 5.79. The van der Waals surface area contributed by atoms with Crippen LogP contribution in [0.4, 0.5) is 5.69 Å². The molecule has 7 heteroatoms. The predicted octanol–water partition coefficient (Wildman–Crippen LogP) is 6.02. The van der Waals surface area contributed by atoms with Crippen molar-refractivity contribution >= 4 is 34.6 Å². The molecule has 1 N–H and O–H groups in total. The molecule has 0 amide bonds. The van der Waals surface area contributed by atoms with E-state index >= 15 is 0 Å². The molecule has 1 aliphatic rings. The van der Waals surface area contributed by atoms with Gasteiger partial charge in [-0.1, -0.05) is 17.7 Å². The van der Waals surface area contributed by atoms with Gasteiger partial charge in [0.05, 0.1) is 18.8 Å². The highest BCUT2D eigenvalue weighted by molar-refractivity contribution is 7.80. The lowest BCUT2D eigenvalue weighted by Gasteiger charge is -2.29. The van der Waals surface area contributed by atoms with E-state index in [2.05, 4.69) is 44.2 Å². The number of aromatic nitrogens is 2. The van der Waals surface area contributed by atoms with Crippen molar-refractivity contribution < 1.29 is 4.74 Å². The monoisotopic (exact) mass is 474 g/mol. The summed E-state index contributed by atoms with van der Waals surface area (Å²) in [7, 11) is 1.66. The van der Waals surface area contributed by atoms with Crippen LogP contribution in [0.2, 0.25) is 5.02 Å². The Balaban J connectivity index is 1.65. The van der Waals surface area contributed by atoms with E-state index in [-0.39, 0.29) is 12.1 Å². The van der Waals surface area contributed by atoms with Crippen molar-refractivity contribution in [1.29, 1.82) is 0 Å². The number of nitrogens with zero attached hydrogens (tertiary/aromatic N) is 3. The Morgan fingerprint density at radius 1 is 1.00 bits per heavy atom. The number of ether oxygens (including phenoxy) is 1. The second-order valence-electron chi connectivity index (χ2n) is 7.93. The molecule has 5 nitrogen and oxygen atoms in total. The highest BCUT2D eigenvalue weighted by Gasteiger charge is 2.42. The molecule has 1 saturated heterocycles. The quantitative estimate of drug-likeness (QED) is 0.358. The molecule has 1 fully saturated rings. The van der Waals surface area contributed by atoms with Gasteiger partial charge in [-0.2, -0.15) is 0 Å². The third-order valence-electron chi connectivity index (χ3n) is 5.95. The van der Waals surface area contributed by atoms with Crippen LogP contribution in [0.3, 0.4) is 0 Å². The smallest absolute Gasteiger partial charge is 0.174 e. The zero-order chi connectivity index (χ0) is 22.9. The molecule has 3 heterocycles. The fraction of sp³-hybridized carbons (Fsp3) is 0.154. The fourth-order valence-electron chi connectivity index (χ4n) is 4.33. The molecule has 2 aromatic heterocycles. The van der Waals surface area contributed by atoms with Gasteiger partial charge in [0.1, 0.15) is 11.8 Å². The summed E-state index contributed by atoms with van der Waals surface area (Å²) in [4.78, 5) is 6.80. The summed E-state index contributed by atoms with van der Waals surface area (Å²) < 4.78 is 7.54. The number of thiocarbonyl (C=S) groups is 1. The van der Waals surface area contributed by atoms with Gasteiger partial charge >= 0.3 is 0 Å². The minimum atomic E-state index is -0.122. The SMILES string of the molecule is COc1ccc(N2C(=S)NC(c3ccccn3)C2c2cccn2-c2ccc(Cl)c(C)c2)cc1. The van der Waals surface area contributed by atoms with E-state index in [0.29, 0.717) is 5.11 Å². The average molecular weight is 475 g/mol. The van der Waals surface area contributed by atoms with Crippen LogP contribution in [0.5, 0.6) is 5.75 Å². The number of benzene rings is 2. The first-order chi connectivity index (χ1) is 16.1. The molecule has 2 aromatic carbocycles. The van der Waals surface area contributed by atoms with Gasteiger partial charge in [0, 0.05) is 34.5 Å². The van der Waals surface area contributed by atoms with E-state index in [9.17, 15) is 0 Å². The van der Waals surface area contributed by atoms with Crippen LogP contribution in [0.1, 0.15) is 29.0 Å². The number of rotatable bonds is 5. The molecule has 0 saturated carbocycles. The molecule has 1 aliphatic heterocycles. The van der Waals surface area contributed by atoms with Crippen molar-refractivity contribution in [3.05, 3.63) is 107 Å². The number of nitrogens with one attached hydrogen (secondary N) is 1. The summed E-state index contributed by atoms with van der Waals surface area (Å²) in [6.07, 6.45) is 3.88. The van der Waals surface area contributed by atoms with Crippen LogP contribution in [0.15, 0.2) is 85.2 Å². The third kappa shape index (κ3) is 3.96. The topological polar surface area (TPSA) is 42.3 Å². The number of methoxy groups -OCH3 is 1. The number of halogens is 1. The van der Waals surface area contributed by atoms with Gasteiger partial charge in [-0.15, -0.1) is 0 Å². The number of pyridine rings is 1. The zero-order valence-electron chi connectivity index (χ0n) is 18.3. The summed E-state index contributed by atoms with van der Waals surface area (Å²) in [6.45, 7) is 2.02. The molecule has 0 bridgehead atoms. The number of hydrogen-bond donors (Lipinski definition) is 1. The molecular formula is C26H23ClN4OS. The zero-order valence-corrected chi connectivity index (χ0v) is 19.8. The lowest BCUT2D eigenvalue weighted by molar-refractivity contribution is 0.415. The van der Waals surface area contributed by atoms with Gasteiger partial charge in [0.15, 0.2) is 5.11 Å². The van der Waals surface area contributed by atoms with Gasteiger partial charge in [-0.25, -0.2) is 0 Å². The third-order valence-corrected chi connectivity index (χ3v) is 6.69. The van der Waals surface area contributed by atoms with Crippen LogP contribution in [0, 0.1) is 6.92 Å². The standard InChI is InChI=1S/C26H23ClN4OS/c1-17-16-19(10-13-21(17)27)30-15-5-7-23(30)25-24(22-6-3-4-14-28-22)29-26(33)31(25)18-8-11-20(32-2)12-9-18/h3-16,24-25H,1-2H3,(H,29,33). The maximum atomic E-state index is 6.30. The van der Waals surface area contributed by atoms with Crippen molar-refractivity contribution in [3.8, 4) is 11.4 Å². The summed E-state index contributed by atoms with van der Waals surface area (Å²) in [6, 6.07) is 23.9. The minimum Gasteiger partial charge on any atom is -0.497 e. The van der Waals surface area contributed by atoms with E-state index in [1.54, 1.807) is 7.11 Å². The highest BCUT2D eigenvalue weighted by atomic mass is 35.5. The largest absolute Gasteiger partial charge is 0.497 e. The molecule has 0 aliphatic carbocycles. The maximum Gasteiger partial charge on any atom is 0.174 e. The van der Waals surface area contributed by atoms with Gasteiger partial charge < -0.3 is 19.5 Å². The summed E-state index contributed by atoms with van der Waals surface area (Å²) in [5, 5.41) is 4.92. The Hall–Kier alpha value is -3.35. The Labute approximate surface area is 203 Å².